The fourth-order valence-electron chi connectivity index (χ4n) is 2.87. The third-order valence-electron chi connectivity index (χ3n) is 3.94. The molecule has 19 heavy (non-hydrogen) atoms. The van der Waals surface area contributed by atoms with Crippen LogP contribution in [0.2, 0.25) is 0 Å². The van der Waals surface area contributed by atoms with Crippen molar-refractivity contribution in [1.29, 1.82) is 0 Å². The van der Waals surface area contributed by atoms with Gasteiger partial charge in [0.05, 0.1) is 24.8 Å². The Bertz CT molecular complexity index is 446. The van der Waals surface area contributed by atoms with Gasteiger partial charge in [-0.2, -0.15) is 5.10 Å². The maximum atomic E-state index is 11.3. The number of carboxylic acids is 1. The Morgan fingerprint density at radius 3 is 2.95 bits per heavy atom. The maximum Gasteiger partial charge on any atom is 0.310 e. The lowest BCUT2D eigenvalue weighted by Crippen LogP contribution is -2.44. The van der Waals surface area contributed by atoms with Crippen molar-refractivity contribution >= 4 is 5.97 Å². The molecule has 1 aliphatic heterocycles. The molecule has 1 aromatic heterocycles. The SMILES string of the molecule is CCN(C(C)c1ccnn1C)C1COCC1C(=O)O. The minimum absolute atomic E-state index is 0.0765. The Morgan fingerprint density at radius 1 is 1.68 bits per heavy atom. The number of aromatic nitrogens is 2. The van der Waals surface area contributed by atoms with Gasteiger partial charge >= 0.3 is 5.97 Å². The zero-order valence-corrected chi connectivity index (χ0v) is 11.6. The molecule has 1 fully saturated rings. The van der Waals surface area contributed by atoms with Gasteiger partial charge in [0.25, 0.3) is 0 Å². The normalized spacial score (nSPS) is 24.8. The highest BCUT2D eigenvalue weighted by Gasteiger charge is 2.39. The van der Waals surface area contributed by atoms with Gasteiger partial charge in [0.1, 0.15) is 0 Å². The van der Waals surface area contributed by atoms with Crippen LogP contribution in [0.15, 0.2) is 12.3 Å². The van der Waals surface area contributed by atoms with Gasteiger partial charge in [-0.1, -0.05) is 6.92 Å². The van der Waals surface area contributed by atoms with Crippen LogP contribution in [0.25, 0.3) is 0 Å². The Morgan fingerprint density at radius 2 is 2.42 bits per heavy atom. The largest absolute Gasteiger partial charge is 0.481 e. The third kappa shape index (κ3) is 2.64. The first kappa shape index (κ1) is 14.0. The molecule has 1 aliphatic rings. The molecule has 1 N–H and O–H groups in total. The molecular formula is C13H21N3O3. The number of hydrogen-bond acceptors (Lipinski definition) is 4. The predicted octanol–water partition coefficient (Wildman–Crippen LogP) is 0.903. The highest BCUT2D eigenvalue weighted by molar-refractivity contribution is 5.71. The van der Waals surface area contributed by atoms with Crippen LogP contribution >= 0.6 is 0 Å². The quantitative estimate of drug-likeness (QED) is 0.858. The van der Waals surface area contributed by atoms with Crippen molar-refractivity contribution in [1.82, 2.24) is 14.7 Å². The second-order valence-electron chi connectivity index (χ2n) is 4.94. The van der Waals surface area contributed by atoms with E-state index in [0.717, 1.165) is 12.2 Å². The first-order valence-electron chi connectivity index (χ1n) is 6.60. The van der Waals surface area contributed by atoms with Crippen LogP contribution in [-0.4, -0.2) is 51.6 Å². The molecule has 0 bridgehead atoms. The minimum Gasteiger partial charge on any atom is -0.481 e. The lowest BCUT2D eigenvalue weighted by molar-refractivity contribution is -0.143. The molecule has 6 nitrogen and oxygen atoms in total. The van der Waals surface area contributed by atoms with Crippen LogP contribution in [0.1, 0.15) is 25.6 Å². The van der Waals surface area contributed by atoms with Crippen molar-refractivity contribution in [2.75, 3.05) is 19.8 Å². The minimum atomic E-state index is -0.779. The van der Waals surface area contributed by atoms with Gasteiger partial charge in [-0.15, -0.1) is 0 Å². The second-order valence-corrected chi connectivity index (χ2v) is 4.94. The Balaban J connectivity index is 2.20. The Kier molecular flexibility index (Phi) is 4.21. The van der Waals surface area contributed by atoms with Crippen LogP contribution in [-0.2, 0) is 16.6 Å². The smallest absolute Gasteiger partial charge is 0.310 e. The number of aryl methyl sites for hydroxylation is 1. The summed E-state index contributed by atoms with van der Waals surface area (Å²) in [6.45, 7) is 5.69. The molecule has 0 saturated carbocycles. The van der Waals surface area contributed by atoms with Crippen LogP contribution in [0, 0.1) is 5.92 Å². The number of hydrogen-bond donors (Lipinski definition) is 1. The van der Waals surface area contributed by atoms with Gasteiger partial charge in [-0.25, -0.2) is 0 Å². The molecule has 3 unspecified atom stereocenters. The van der Waals surface area contributed by atoms with E-state index < -0.39 is 11.9 Å². The van der Waals surface area contributed by atoms with Crippen molar-refractivity contribution < 1.29 is 14.6 Å². The molecule has 0 aromatic carbocycles. The fraction of sp³-hybridized carbons (Fsp3) is 0.692. The Labute approximate surface area is 113 Å². The van der Waals surface area contributed by atoms with E-state index in [1.165, 1.54) is 0 Å². The third-order valence-corrected chi connectivity index (χ3v) is 3.94. The van der Waals surface area contributed by atoms with Gasteiger partial charge in [-0.05, 0) is 19.5 Å². The van der Waals surface area contributed by atoms with E-state index in [4.69, 9.17) is 4.74 Å². The fourth-order valence-corrected chi connectivity index (χ4v) is 2.87. The van der Waals surface area contributed by atoms with Gasteiger partial charge in [0.2, 0.25) is 0 Å². The number of carbonyl (C=O) groups is 1. The maximum absolute atomic E-state index is 11.3. The van der Waals surface area contributed by atoms with E-state index in [0.29, 0.717) is 13.2 Å². The molecule has 106 valence electrons. The van der Waals surface area contributed by atoms with Crippen LogP contribution < -0.4 is 0 Å². The lowest BCUT2D eigenvalue weighted by atomic mass is 10.00. The topological polar surface area (TPSA) is 67.6 Å². The van der Waals surface area contributed by atoms with Crippen LogP contribution in [0.5, 0.6) is 0 Å². The van der Waals surface area contributed by atoms with Crippen LogP contribution in [0.4, 0.5) is 0 Å². The van der Waals surface area contributed by atoms with E-state index in [9.17, 15) is 9.90 Å². The van der Waals surface area contributed by atoms with E-state index in [1.54, 1.807) is 6.20 Å². The molecule has 0 aliphatic carbocycles. The summed E-state index contributed by atoms with van der Waals surface area (Å²) in [7, 11) is 1.90. The highest BCUT2D eigenvalue weighted by Crippen LogP contribution is 2.28. The number of rotatable bonds is 5. The van der Waals surface area contributed by atoms with Gasteiger partial charge in [-0.3, -0.25) is 14.4 Å². The molecule has 2 heterocycles. The van der Waals surface area contributed by atoms with Crippen molar-refractivity contribution in [3.05, 3.63) is 18.0 Å². The number of carboxylic acid groups (broad SMARTS) is 1. The number of aliphatic carboxylic acids is 1. The van der Waals surface area contributed by atoms with E-state index in [2.05, 4.69) is 16.9 Å². The monoisotopic (exact) mass is 267 g/mol. The van der Waals surface area contributed by atoms with E-state index >= 15 is 0 Å². The first-order chi connectivity index (χ1) is 9.06. The van der Waals surface area contributed by atoms with Crippen molar-refractivity contribution in [2.45, 2.75) is 25.9 Å². The van der Waals surface area contributed by atoms with E-state index in [1.807, 2.05) is 24.7 Å². The zero-order valence-electron chi connectivity index (χ0n) is 11.6. The molecule has 0 spiro atoms. The summed E-state index contributed by atoms with van der Waals surface area (Å²) in [5.41, 5.74) is 1.08. The molecular weight excluding hydrogens is 246 g/mol. The number of likely N-dealkylation sites (N-methyl/N-ethyl adjacent to an activating group) is 1. The summed E-state index contributed by atoms with van der Waals surface area (Å²) < 4.78 is 7.20. The highest BCUT2D eigenvalue weighted by atomic mass is 16.5. The molecule has 1 aromatic rings. The van der Waals surface area contributed by atoms with E-state index in [-0.39, 0.29) is 12.1 Å². The summed E-state index contributed by atoms with van der Waals surface area (Å²) in [6.07, 6.45) is 1.76. The van der Waals surface area contributed by atoms with Crippen molar-refractivity contribution in [3.63, 3.8) is 0 Å². The molecule has 0 radical (unpaired) electrons. The summed E-state index contributed by atoms with van der Waals surface area (Å²) in [6, 6.07) is 2.01. The van der Waals surface area contributed by atoms with Gasteiger partial charge in [0, 0.05) is 25.3 Å². The van der Waals surface area contributed by atoms with Crippen molar-refractivity contribution in [3.8, 4) is 0 Å². The summed E-state index contributed by atoms with van der Waals surface area (Å²) in [4.78, 5) is 13.5. The molecule has 0 amide bonds. The number of nitrogens with zero attached hydrogens (tertiary/aromatic N) is 3. The van der Waals surface area contributed by atoms with Crippen molar-refractivity contribution in [2.24, 2.45) is 13.0 Å². The molecule has 2 rings (SSSR count). The standard InChI is InChI=1S/C13H21N3O3/c1-4-16(9(2)11-5-6-14-15(11)3)12-8-19-7-10(12)13(17)18/h5-6,9-10,12H,4,7-8H2,1-3H3,(H,17,18). The lowest BCUT2D eigenvalue weighted by Gasteiger charge is -2.34. The molecule has 6 heteroatoms. The van der Waals surface area contributed by atoms with Crippen LogP contribution in [0.3, 0.4) is 0 Å². The average Bonchev–Trinajstić information content (AvgIpc) is 2.98. The summed E-state index contributed by atoms with van der Waals surface area (Å²) in [5, 5.41) is 13.4. The molecule has 3 atom stereocenters. The summed E-state index contributed by atoms with van der Waals surface area (Å²) >= 11 is 0. The average molecular weight is 267 g/mol. The predicted molar refractivity (Wildman–Crippen MR) is 69.7 cm³/mol. The van der Waals surface area contributed by atoms with Gasteiger partial charge < -0.3 is 9.84 Å². The summed E-state index contributed by atoms with van der Waals surface area (Å²) in [5.74, 6) is -1.23. The first-order valence-corrected chi connectivity index (χ1v) is 6.60. The molecule has 1 saturated heterocycles. The van der Waals surface area contributed by atoms with Gasteiger partial charge in [0.15, 0.2) is 0 Å². The number of ether oxygens (including phenoxy) is 1. The Hall–Kier alpha value is -1.40. The zero-order chi connectivity index (χ0) is 14.0. The second kappa shape index (κ2) is 5.71.